The van der Waals surface area contributed by atoms with E-state index < -0.39 is 10.0 Å². The zero-order chi connectivity index (χ0) is 14.0. The summed E-state index contributed by atoms with van der Waals surface area (Å²) in [6.07, 6.45) is 0. The van der Waals surface area contributed by atoms with Crippen LogP contribution < -0.4 is 4.72 Å². The Kier molecular flexibility index (Phi) is 4.15. The predicted octanol–water partition coefficient (Wildman–Crippen LogP) is 3.00. The van der Waals surface area contributed by atoms with Crippen LogP contribution in [0.4, 0.5) is 5.69 Å². The van der Waals surface area contributed by atoms with Gasteiger partial charge in [-0.05, 0) is 30.7 Å². The molecule has 0 fully saturated rings. The normalized spacial score (nSPS) is 11.5. The van der Waals surface area contributed by atoms with E-state index >= 15 is 0 Å². The van der Waals surface area contributed by atoms with E-state index in [9.17, 15) is 8.42 Å². The first-order valence-corrected chi connectivity index (χ1v) is 8.14. The highest BCUT2D eigenvalue weighted by Crippen LogP contribution is 2.24. The van der Waals surface area contributed by atoms with Crippen LogP contribution in [-0.2, 0) is 16.6 Å². The second kappa shape index (κ2) is 5.50. The third-order valence-electron chi connectivity index (χ3n) is 2.52. The van der Waals surface area contributed by atoms with Gasteiger partial charge in [-0.3, -0.25) is 4.72 Å². The van der Waals surface area contributed by atoms with Gasteiger partial charge in [0.2, 0.25) is 0 Å². The molecule has 2 aromatic rings. The molecule has 0 spiro atoms. The summed E-state index contributed by atoms with van der Waals surface area (Å²) in [6, 6.07) is 6.40. The van der Waals surface area contributed by atoms with Gasteiger partial charge in [-0.25, -0.2) is 8.42 Å². The summed E-state index contributed by atoms with van der Waals surface area (Å²) in [5.74, 6) is 0. The minimum absolute atomic E-state index is 0.137. The lowest BCUT2D eigenvalue weighted by Gasteiger charge is -2.07. The van der Waals surface area contributed by atoms with Crippen molar-refractivity contribution >= 4 is 38.6 Å². The molecule has 0 aliphatic heterocycles. The van der Waals surface area contributed by atoms with Crippen molar-refractivity contribution in [3.63, 3.8) is 0 Å². The van der Waals surface area contributed by atoms with Crippen LogP contribution in [0.5, 0.6) is 0 Å². The number of sulfonamides is 1. The van der Waals surface area contributed by atoms with E-state index in [2.05, 4.69) is 4.72 Å². The van der Waals surface area contributed by atoms with Gasteiger partial charge in [-0.15, -0.1) is 11.3 Å². The molecule has 0 atom stereocenters. The Morgan fingerprint density at radius 3 is 2.68 bits per heavy atom. The molecule has 2 rings (SSSR count). The topological polar surface area (TPSA) is 66.4 Å². The van der Waals surface area contributed by atoms with E-state index in [-0.39, 0.29) is 11.5 Å². The monoisotopic (exact) mass is 317 g/mol. The number of hydrogen-bond donors (Lipinski definition) is 2. The summed E-state index contributed by atoms with van der Waals surface area (Å²) in [7, 11) is -3.64. The largest absolute Gasteiger partial charge is 0.391 e. The molecule has 0 amide bonds. The molecule has 102 valence electrons. The van der Waals surface area contributed by atoms with Crippen LogP contribution >= 0.6 is 22.9 Å². The van der Waals surface area contributed by atoms with Gasteiger partial charge >= 0.3 is 0 Å². The molecule has 4 nitrogen and oxygen atoms in total. The Morgan fingerprint density at radius 2 is 2.11 bits per heavy atom. The molecule has 0 saturated heterocycles. The molecule has 1 aromatic carbocycles. The fraction of sp³-hybridized carbons (Fsp3) is 0.167. The van der Waals surface area contributed by atoms with E-state index in [1.54, 1.807) is 18.2 Å². The predicted molar refractivity (Wildman–Crippen MR) is 77.2 cm³/mol. The molecule has 0 bridgehead atoms. The van der Waals surface area contributed by atoms with Gasteiger partial charge in [0.1, 0.15) is 0 Å². The number of halogens is 1. The minimum Gasteiger partial charge on any atom is -0.391 e. The number of rotatable bonds is 4. The minimum atomic E-state index is -3.64. The number of nitrogens with one attached hydrogen (secondary N) is 1. The van der Waals surface area contributed by atoms with E-state index in [1.807, 2.05) is 6.92 Å². The average molecular weight is 318 g/mol. The maximum atomic E-state index is 12.1. The van der Waals surface area contributed by atoms with Crippen molar-refractivity contribution in [1.29, 1.82) is 0 Å². The third kappa shape index (κ3) is 3.27. The molecular weight excluding hydrogens is 306 g/mol. The third-order valence-corrected chi connectivity index (χ3v) is 5.36. The highest BCUT2D eigenvalue weighted by Gasteiger charge is 2.16. The van der Waals surface area contributed by atoms with Crippen molar-refractivity contribution in [3.05, 3.63) is 45.1 Å². The average Bonchev–Trinajstić information content (AvgIpc) is 2.83. The molecule has 19 heavy (non-hydrogen) atoms. The van der Waals surface area contributed by atoms with Crippen LogP contribution in [0.1, 0.15) is 10.4 Å². The zero-order valence-corrected chi connectivity index (χ0v) is 12.4. The fourth-order valence-electron chi connectivity index (χ4n) is 1.45. The Morgan fingerprint density at radius 1 is 1.37 bits per heavy atom. The number of benzene rings is 1. The molecule has 0 aliphatic rings. The Balaban J connectivity index is 2.28. The summed E-state index contributed by atoms with van der Waals surface area (Å²) < 4.78 is 26.6. The number of thiophene rings is 1. The maximum absolute atomic E-state index is 12.1. The van der Waals surface area contributed by atoms with Crippen molar-refractivity contribution in [1.82, 2.24) is 0 Å². The van der Waals surface area contributed by atoms with E-state index in [0.717, 1.165) is 5.56 Å². The molecule has 0 saturated carbocycles. The van der Waals surface area contributed by atoms with Gasteiger partial charge in [0.05, 0.1) is 17.2 Å². The second-order valence-electron chi connectivity index (χ2n) is 3.98. The summed E-state index contributed by atoms with van der Waals surface area (Å²) in [5, 5.41) is 10.9. The van der Waals surface area contributed by atoms with Gasteiger partial charge in [0, 0.05) is 15.3 Å². The van der Waals surface area contributed by atoms with Crippen LogP contribution in [0.2, 0.25) is 5.02 Å². The van der Waals surface area contributed by atoms with Crippen molar-refractivity contribution in [2.45, 2.75) is 18.4 Å². The number of hydrogen-bond acceptors (Lipinski definition) is 4. The van der Waals surface area contributed by atoms with Crippen molar-refractivity contribution in [3.8, 4) is 0 Å². The van der Waals surface area contributed by atoms with Crippen molar-refractivity contribution in [2.75, 3.05) is 4.72 Å². The summed E-state index contributed by atoms with van der Waals surface area (Å²) in [6.45, 7) is 1.67. The SMILES string of the molecule is Cc1ccc(NS(=O)(=O)c2csc(CO)c2)cc1Cl. The molecule has 0 radical (unpaired) electrons. The first-order chi connectivity index (χ1) is 8.92. The molecule has 0 unspecified atom stereocenters. The van der Waals surface area contributed by atoms with Crippen LogP contribution in [-0.4, -0.2) is 13.5 Å². The van der Waals surface area contributed by atoms with Gasteiger partial charge in [-0.2, -0.15) is 0 Å². The van der Waals surface area contributed by atoms with Gasteiger partial charge in [0.25, 0.3) is 10.0 Å². The van der Waals surface area contributed by atoms with Crippen molar-refractivity contribution < 1.29 is 13.5 Å². The first kappa shape index (κ1) is 14.3. The van der Waals surface area contributed by atoms with E-state index in [0.29, 0.717) is 15.6 Å². The molecule has 1 aromatic heterocycles. The van der Waals surface area contributed by atoms with E-state index in [1.165, 1.54) is 22.8 Å². The summed E-state index contributed by atoms with van der Waals surface area (Å²) >= 11 is 7.15. The quantitative estimate of drug-likeness (QED) is 0.911. The molecular formula is C12H12ClNO3S2. The maximum Gasteiger partial charge on any atom is 0.262 e. The van der Waals surface area contributed by atoms with E-state index in [4.69, 9.17) is 16.7 Å². The van der Waals surface area contributed by atoms with Gasteiger partial charge in [-0.1, -0.05) is 17.7 Å². The summed E-state index contributed by atoms with van der Waals surface area (Å²) in [5.41, 5.74) is 1.29. The standard InChI is InChI=1S/C12H12ClNO3S2/c1-8-2-3-9(4-12(8)13)14-19(16,17)11-5-10(6-15)18-7-11/h2-5,7,14-15H,6H2,1H3. The number of aliphatic hydroxyl groups is 1. The molecule has 1 heterocycles. The lowest BCUT2D eigenvalue weighted by molar-refractivity contribution is 0.285. The number of aryl methyl sites for hydroxylation is 1. The lowest BCUT2D eigenvalue weighted by atomic mass is 10.2. The highest BCUT2D eigenvalue weighted by molar-refractivity contribution is 7.92. The molecule has 2 N–H and O–H groups in total. The fourth-order valence-corrected chi connectivity index (χ4v) is 3.82. The summed E-state index contributed by atoms with van der Waals surface area (Å²) in [4.78, 5) is 0.737. The second-order valence-corrected chi connectivity index (χ2v) is 7.06. The van der Waals surface area contributed by atoms with Crippen molar-refractivity contribution in [2.24, 2.45) is 0 Å². The number of anilines is 1. The molecule has 0 aliphatic carbocycles. The van der Waals surface area contributed by atoms with Crippen LogP contribution in [0.3, 0.4) is 0 Å². The lowest BCUT2D eigenvalue weighted by Crippen LogP contribution is -2.12. The smallest absolute Gasteiger partial charge is 0.262 e. The molecule has 7 heteroatoms. The first-order valence-electron chi connectivity index (χ1n) is 5.39. The Hall–Kier alpha value is -1.08. The van der Waals surface area contributed by atoms with Gasteiger partial charge < -0.3 is 5.11 Å². The highest BCUT2D eigenvalue weighted by atomic mass is 35.5. The van der Waals surface area contributed by atoms with Gasteiger partial charge in [0.15, 0.2) is 0 Å². The van der Waals surface area contributed by atoms with Crippen LogP contribution in [0, 0.1) is 6.92 Å². The van der Waals surface area contributed by atoms with Crippen LogP contribution in [0.15, 0.2) is 34.5 Å². The number of aliphatic hydroxyl groups excluding tert-OH is 1. The Labute approximate surface area is 120 Å². The zero-order valence-electron chi connectivity index (χ0n) is 10.1. The van der Waals surface area contributed by atoms with Crippen LogP contribution in [0.25, 0.3) is 0 Å². The Bertz CT molecular complexity index is 695.